The maximum atomic E-state index is 12.9. The number of nitrogens with zero attached hydrogens (tertiary/aromatic N) is 1. The van der Waals surface area contributed by atoms with E-state index in [0.717, 1.165) is 31.4 Å². The quantitative estimate of drug-likeness (QED) is 0.740. The molecule has 1 aliphatic heterocycles. The molecule has 8 heteroatoms. The molecule has 2 rings (SSSR count). The largest absolute Gasteiger partial charge is 0.416 e. The fourth-order valence-electron chi connectivity index (χ4n) is 3.51. The first-order chi connectivity index (χ1) is 13.2. The molecule has 0 radical (unpaired) electrons. The zero-order valence-corrected chi connectivity index (χ0v) is 16.1. The number of carbonyl (C=O) groups is 2. The standard InChI is InChI=1S/C20H28F3N3O2/c1-14(15-5-4-6-16(12-15)20(21,22)23)11-19(28)26-10-3-2-7-17(26)13-25-18(27)8-9-24/h4-6,12,14,17H,2-3,7-11,13,24H2,1H3,(H,25,27). The molecule has 1 saturated heterocycles. The average molecular weight is 399 g/mol. The summed E-state index contributed by atoms with van der Waals surface area (Å²) < 4.78 is 38.8. The molecule has 156 valence electrons. The second kappa shape index (κ2) is 9.91. The van der Waals surface area contributed by atoms with Crippen molar-refractivity contribution in [3.8, 4) is 0 Å². The SMILES string of the molecule is CC(CC(=O)N1CCCCC1CNC(=O)CCN)c1cccc(C(F)(F)F)c1. The molecule has 0 spiro atoms. The number of nitrogens with two attached hydrogens (primary N) is 1. The molecular weight excluding hydrogens is 371 g/mol. The second-order valence-corrected chi connectivity index (χ2v) is 7.31. The van der Waals surface area contributed by atoms with Crippen LogP contribution < -0.4 is 11.1 Å². The summed E-state index contributed by atoms with van der Waals surface area (Å²) in [5, 5.41) is 2.81. The van der Waals surface area contributed by atoms with E-state index in [4.69, 9.17) is 5.73 Å². The lowest BCUT2D eigenvalue weighted by atomic mass is 9.94. The van der Waals surface area contributed by atoms with Crippen molar-refractivity contribution in [3.05, 3.63) is 35.4 Å². The number of hydrogen-bond acceptors (Lipinski definition) is 3. The van der Waals surface area contributed by atoms with E-state index in [1.54, 1.807) is 17.9 Å². The van der Waals surface area contributed by atoms with E-state index in [1.165, 1.54) is 6.07 Å². The van der Waals surface area contributed by atoms with Crippen molar-refractivity contribution in [1.82, 2.24) is 10.2 Å². The highest BCUT2D eigenvalue weighted by atomic mass is 19.4. The number of carbonyl (C=O) groups excluding carboxylic acids is 2. The Morgan fingerprint density at radius 2 is 2.07 bits per heavy atom. The fraction of sp³-hybridized carbons (Fsp3) is 0.600. The van der Waals surface area contributed by atoms with Crippen LogP contribution in [0.1, 0.15) is 56.1 Å². The highest BCUT2D eigenvalue weighted by molar-refractivity contribution is 5.78. The van der Waals surface area contributed by atoms with Crippen molar-refractivity contribution in [1.29, 1.82) is 0 Å². The van der Waals surface area contributed by atoms with Gasteiger partial charge in [-0.25, -0.2) is 0 Å². The lowest BCUT2D eigenvalue weighted by Crippen LogP contribution is -2.49. The number of amides is 2. The highest BCUT2D eigenvalue weighted by Crippen LogP contribution is 2.32. The Bertz CT molecular complexity index is 679. The molecule has 1 aromatic rings. The van der Waals surface area contributed by atoms with Crippen LogP contribution in [0.3, 0.4) is 0 Å². The van der Waals surface area contributed by atoms with Gasteiger partial charge in [0.1, 0.15) is 0 Å². The Hall–Kier alpha value is -2.09. The average Bonchev–Trinajstić information content (AvgIpc) is 2.66. The van der Waals surface area contributed by atoms with Crippen LogP contribution in [-0.2, 0) is 15.8 Å². The van der Waals surface area contributed by atoms with Gasteiger partial charge in [0.15, 0.2) is 0 Å². The number of benzene rings is 1. The number of nitrogens with one attached hydrogen (secondary N) is 1. The summed E-state index contributed by atoms with van der Waals surface area (Å²) in [4.78, 5) is 26.2. The van der Waals surface area contributed by atoms with E-state index in [1.807, 2.05) is 0 Å². The number of halogens is 3. The fourth-order valence-corrected chi connectivity index (χ4v) is 3.51. The lowest BCUT2D eigenvalue weighted by molar-refractivity contribution is -0.137. The summed E-state index contributed by atoms with van der Waals surface area (Å²) in [5.74, 6) is -0.565. The molecule has 3 N–H and O–H groups in total. The van der Waals surface area contributed by atoms with Crippen LogP contribution in [-0.4, -0.2) is 42.4 Å². The van der Waals surface area contributed by atoms with E-state index in [0.29, 0.717) is 18.7 Å². The normalized spacial score (nSPS) is 18.6. The molecule has 0 aromatic heterocycles. The number of piperidine rings is 1. The van der Waals surface area contributed by atoms with Crippen LogP contribution in [0.15, 0.2) is 24.3 Å². The molecule has 1 aliphatic rings. The van der Waals surface area contributed by atoms with Gasteiger partial charge in [0.2, 0.25) is 11.8 Å². The third-order valence-corrected chi connectivity index (χ3v) is 5.12. The third-order valence-electron chi connectivity index (χ3n) is 5.12. The molecule has 0 saturated carbocycles. The number of alkyl halides is 3. The minimum Gasteiger partial charge on any atom is -0.354 e. The van der Waals surface area contributed by atoms with Gasteiger partial charge in [-0.3, -0.25) is 9.59 Å². The van der Waals surface area contributed by atoms with Crippen molar-refractivity contribution < 1.29 is 22.8 Å². The summed E-state index contributed by atoms with van der Waals surface area (Å²) in [5.41, 5.74) is 5.15. The Balaban J connectivity index is 2.00. The Labute approximate surface area is 163 Å². The van der Waals surface area contributed by atoms with Crippen molar-refractivity contribution in [2.24, 2.45) is 5.73 Å². The van der Waals surface area contributed by atoms with Gasteiger partial charge >= 0.3 is 6.18 Å². The first-order valence-corrected chi connectivity index (χ1v) is 9.65. The number of rotatable bonds is 7. The molecule has 28 heavy (non-hydrogen) atoms. The van der Waals surface area contributed by atoms with E-state index < -0.39 is 11.7 Å². The van der Waals surface area contributed by atoms with E-state index >= 15 is 0 Å². The van der Waals surface area contributed by atoms with Gasteiger partial charge < -0.3 is 16.0 Å². The van der Waals surface area contributed by atoms with Gasteiger partial charge in [-0.2, -0.15) is 13.2 Å². The molecule has 1 aromatic carbocycles. The van der Waals surface area contributed by atoms with Crippen molar-refractivity contribution in [2.75, 3.05) is 19.6 Å². The van der Waals surface area contributed by atoms with Gasteiger partial charge in [0, 0.05) is 38.5 Å². The van der Waals surface area contributed by atoms with Crippen molar-refractivity contribution in [2.45, 2.75) is 57.2 Å². The first-order valence-electron chi connectivity index (χ1n) is 9.65. The minimum absolute atomic E-state index is 0.0864. The zero-order chi connectivity index (χ0) is 20.7. The molecule has 0 aliphatic carbocycles. The summed E-state index contributed by atoms with van der Waals surface area (Å²) in [6.45, 7) is 3.01. The van der Waals surface area contributed by atoms with Crippen LogP contribution in [0.4, 0.5) is 13.2 Å². The zero-order valence-electron chi connectivity index (χ0n) is 16.1. The molecule has 2 atom stereocenters. The Kier molecular flexibility index (Phi) is 7.86. The Morgan fingerprint density at radius 3 is 2.75 bits per heavy atom. The van der Waals surface area contributed by atoms with Crippen LogP contribution >= 0.6 is 0 Å². The molecule has 1 heterocycles. The smallest absolute Gasteiger partial charge is 0.354 e. The lowest BCUT2D eigenvalue weighted by Gasteiger charge is -2.36. The monoisotopic (exact) mass is 399 g/mol. The summed E-state index contributed by atoms with van der Waals surface area (Å²) >= 11 is 0. The summed E-state index contributed by atoms with van der Waals surface area (Å²) in [6, 6.07) is 5.04. The summed E-state index contributed by atoms with van der Waals surface area (Å²) in [7, 11) is 0. The highest BCUT2D eigenvalue weighted by Gasteiger charge is 2.31. The van der Waals surface area contributed by atoms with Crippen molar-refractivity contribution in [3.63, 3.8) is 0 Å². The van der Waals surface area contributed by atoms with Crippen molar-refractivity contribution >= 4 is 11.8 Å². The van der Waals surface area contributed by atoms with E-state index in [2.05, 4.69) is 5.32 Å². The molecule has 2 unspecified atom stereocenters. The van der Waals surface area contributed by atoms with Crippen LogP contribution in [0, 0.1) is 0 Å². The van der Waals surface area contributed by atoms with Gasteiger partial charge in [0.25, 0.3) is 0 Å². The maximum absolute atomic E-state index is 12.9. The Morgan fingerprint density at radius 1 is 1.32 bits per heavy atom. The summed E-state index contributed by atoms with van der Waals surface area (Å²) in [6.07, 6.45) is -1.37. The van der Waals surface area contributed by atoms with Crippen LogP contribution in [0.25, 0.3) is 0 Å². The van der Waals surface area contributed by atoms with Gasteiger partial charge in [0.05, 0.1) is 5.56 Å². The van der Waals surface area contributed by atoms with Crippen LogP contribution in [0.2, 0.25) is 0 Å². The predicted octanol–water partition coefficient (Wildman–Crippen LogP) is 3.05. The molecular formula is C20H28F3N3O2. The van der Waals surface area contributed by atoms with Gasteiger partial charge in [-0.15, -0.1) is 0 Å². The molecule has 1 fully saturated rings. The molecule has 5 nitrogen and oxygen atoms in total. The first kappa shape index (κ1) is 22.2. The predicted molar refractivity (Wildman–Crippen MR) is 101 cm³/mol. The van der Waals surface area contributed by atoms with Gasteiger partial charge in [-0.05, 0) is 36.8 Å². The molecule has 2 amide bonds. The van der Waals surface area contributed by atoms with Gasteiger partial charge in [-0.1, -0.05) is 25.1 Å². The number of likely N-dealkylation sites (tertiary alicyclic amines) is 1. The van der Waals surface area contributed by atoms with E-state index in [-0.39, 0.29) is 43.2 Å². The van der Waals surface area contributed by atoms with Crippen LogP contribution in [0.5, 0.6) is 0 Å². The minimum atomic E-state index is -4.40. The maximum Gasteiger partial charge on any atom is 0.416 e. The third kappa shape index (κ3) is 6.22. The van der Waals surface area contributed by atoms with E-state index in [9.17, 15) is 22.8 Å². The molecule has 0 bridgehead atoms. The number of hydrogen-bond donors (Lipinski definition) is 2. The second-order valence-electron chi connectivity index (χ2n) is 7.31. The topological polar surface area (TPSA) is 75.4 Å².